The first-order valence-corrected chi connectivity index (χ1v) is 4.32. The van der Waals surface area contributed by atoms with Crippen LogP contribution in [0.15, 0.2) is 4.99 Å². The lowest BCUT2D eigenvalue weighted by Gasteiger charge is -2.02. The molecule has 0 N–H and O–H groups in total. The molecule has 0 aliphatic carbocycles. The number of hydrogen-bond donors (Lipinski definition) is 0. The van der Waals surface area contributed by atoms with Crippen molar-refractivity contribution in [1.82, 2.24) is 0 Å². The van der Waals surface area contributed by atoms with Crippen LogP contribution in [0.1, 0.15) is 46.5 Å². The van der Waals surface area contributed by atoms with Crippen molar-refractivity contribution in [2.45, 2.75) is 52.5 Å². The van der Waals surface area contributed by atoms with Gasteiger partial charge in [-0.3, -0.25) is 4.99 Å². The van der Waals surface area contributed by atoms with E-state index in [0.717, 1.165) is 6.42 Å². The molecule has 0 aliphatic heterocycles. The molecule has 60 valence electrons. The highest BCUT2D eigenvalue weighted by Gasteiger charge is 1.94. The molecule has 0 fully saturated rings. The standard InChI is InChI=1S/C9H19N/c1-4-6-7-9(3)10-8-5-2/h8-9H,4-7H2,1-3H3. The molecule has 0 radical (unpaired) electrons. The van der Waals surface area contributed by atoms with Gasteiger partial charge in [-0.25, -0.2) is 0 Å². The number of aliphatic imine (C=N–C) groups is 1. The predicted octanol–water partition coefficient (Wildman–Crippen LogP) is 3.05. The van der Waals surface area contributed by atoms with Gasteiger partial charge in [0.1, 0.15) is 0 Å². The average molecular weight is 141 g/mol. The zero-order chi connectivity index (χ0) is 7.82. The maximum atomic E-state index is 4.36. The minimum atomic E-state index is 0.542. The largest absolute Gasteiger partial charge is 0.295 e. The van der Waals surface area contributed by atoms with Crippen molar-refractivity contribution in [1.29, 1.82) is 0 Å². The topological polar surface area (TPSA) is 12.4 Å². The van der Waals surface area contributed by atoms with Crippen LogP contribution in [-0.4, -0.2) is 12.3 Å². The molecular weight excluding hydrogens is 122 g/mol. The molecule has 0 aromatic heterocycles. The monoisotopic (exact) mass is 141 g/mol. The van der Waals surface area contributed by atoms with Gasteiger partial charge in [-0.1, -0.05) is 26.7 Å². The Morgan fingerprint density at radius 2 is 2.10 bits per heavy atom. The summed E-state index contributed by atoms with van der Waals surface area (Å²) in [6.07, 6.45) is 6.91. The Morgan fingerprint density at radius 1 is 1.40 bits per heavy atom. The van der Waals surface area contributed by atoms with Crippen LogP contribution in [0.25, 0.3) is 0 Å². The normalized spacial score (nSPS) is 14.3. The van der Waals surface area contributed by atoms with E-state index in [4.69, 9.17) is 0 Å². The van der Waals surface area contributed by atoms with Crippen molar-refractivity contribution in [3.05, 3.63) is 0 Å². The van der Waals surface area contributed by atoms with Crippen LogP contribution in [0.3, 0.4) is 0 Å². The third kappa shape index (κ3) is 5.80. The van der Waals surface area contributed by atoms with E-state index in [1.165, 1.54) is 19.3 Å². The molecule has 1 nitrogen and oxygen atoms in total. The summed E-state index contributed by atoms with van der Waals surface area (Å²) in [5, 5.41) is 0. The summed E-state index contributed by atoms with van der Waals surface area (Å²) in [5.74, 6) is 0. The van der Waals surface area contributed by atoms with Gasteiger partial charge in [-0.05, 0) is 26.0 Å². The number of rotatable bonds is 5. The van der Waals surface area contributed by atoms with Crippen LogP contribution in [0, 0.1) is 0 Å². The zero-order valence-corrected chi connectivity index (χ0v) is 7.43. The van der Waals surface area contributed by atoms with Crippen molar-refractivity contribution in [2.24, 2.45) is 4.99 Å². The summed E-state index contributed by atoms with van der Waals surface area (Å²) in [7, 11) is 0. The first-order chi connectivity index (χ1) is 4.81. The van der Waals surface area contributed by atoms with Crippen LogP contribution in [-0.2, 0) is 0 Å². The molecule has 0 bridgehead atoms. The second-order valence-corrected chi connectivity index (χ2v) is 2.73. The van der Waals surface area contributed by atoms with E-state index in [1.807, 2.05) is 6.21 Å². The Kier molecular flexibility index (Phi) is 6.56. The van der Waals surface area contributed by atoms with Crippen LogP contribution in [0.2, 0.25) is 0 Å². The van der Waals surface area contributed by atoms with E-state index in [2.05, 4.69) is 25.8 Å². The van der Waals surface area contributed by atoms with Gasteiger partial charge in [0.2, 0.25) is 0 Å². The Hall–Kier alpha value is -0.330. The minimum Gasteiger partial charge on any atom is -0.295 e. The molecule has 0 amide bonds. The molecule has 0 heterocycles. The fourth-order valence-electron chi connectivity index (χ4n) is 0.859. The highest BCUT2D eigenvalue weighted by Crippen LogP contribution is 2.02. The summed E-state index contributed by atoms with van der Waals surface area (Å²) in [4.78, 5) is 4.36. The van der Waals surface area contributed by atoms with E-state index in [9.17, 15) is 0 Å². The zero-order valence-electron chi connectivity index (χ0n) is 7.43. The highest BCUT2D eigenvalue weighted by molar-refractivity contribution is 5.56. The van der Waals surface area contributed by atoms with Crippen molar-refractivity contribution in [3.63, 3.8) is 0 Å². The number of nitrogens with zero attached hydrogens (tertiary/aromatic N) is 1. The number of unbranched alkanes of at least 4 members (excludes halogenated alkanes) is 1. The molecule has 1 atom stereocenters. The van der Waals surface area contributed by atoms with E-state index in [1.54, 1.807) is 0 Å². The second-order valence-electron chi connectivity index (χ2n) is 2.73. The molecule has 10 heavy (non-hydrogen) atoms. The molecule has 1 unspecified atom stereocenters. The fraction of sp³-hybridized carbons (Fsp3) is 0.889. The van der Waals surface area contributed by atoms with Crippen LogP contribution in [0.5, 0.6) is 0 Å². The Morgan fingerprint density at radius 3 is 2.60 bits per heavy atom. The van der Waals surface area contributed by atoms with Gasteiger partial charge in [-0.2, -0.15) is 0 Å². The Labute approximate surface area is 64.6 Å². The lowest BCUT2D eigenvalue weighted by molar-refractivity contribution is 0.618. The van der Waals surface area contributed by atoms with Crippen LogP contribution < -0.4 is 0 Å². The summed E-state index contributed by atoms with van der Waals surface area (Å²) in [6, 6.07) is 0.542. The molecule has 0 rings (SSSR count). The maximum absolute atomic E-state index is 4.36. The molecule has 0 saturated carbocycles. The second kappa shape index (κ2) is 6.79. The van der Waals surface area contributed by atoms with Gasteiger partial charge in [0.25, 0.3) is 0 Å². The minimum absolute atomic E-state index is 0.542. The summed E-state index contributed by atoms with van der Waals surface area (Å²) in [5.41, 5.74) is 0. The maximum Gasteiger partial charge on any atom is 0.0467 e. The lowest BCUT2D eigenvalue weighted by Crippen LogP contribution is -1.96. The molecule has 0 saturated heterocycles. The molecule has 0 aromatic rings. The summed E-state index contributed by atoms with van der Waals surface area (Å²) >= 11 is 0. The SMILES string of the molecule is CCC=NC(C)CCCC. The first kappa shape index (κ1) is 9.67. The first-order valence-electron chi connectivity index (χ1n) is 4.32. The molecular formula is C9H19N. The fourth-order valence-corrected chi connectivity index (χ4v) is 0.859. The van der Waals surface area contributed by atoms with E-state index < -0.39 is 0 Å². The average Bonchev–Trinajstić information content (AvgIpc) is 1.97. The summed E-state index contributed by atoms with van der Waals surface area (Å²) < 4.78 is 0. The summed E-state index contributed by atoms with van der Waals surface area (Å²) in [6.45, 7) is 6.52. The molecule has 0 spiro atoms. The van der Waals surface area contributed by atoms with Crippen molar-refractivity contribution < 1.29 is 0 Å². The quantitative estimate of drug-likeness (QED) is 0.522. The molecule has 0 aromatic carbocycles. The van der Waals surface area contributed by atoms with Crippen molar-refractivity contribution >= 4 is 6.21 Å². The Bertz CT molecular complexity index is 86.7. The van der Waals surface area contributed by atoms with Crippen LogP contribution in [0.4, 0.5) is 0 Å². The van der Waals surface area contributed by atoms with Gasteiger partial charge in [-0.15, -0.1) is 0 Å². The third-order valence-corrected chi connectivity index (χ3v) is 1.52. The van der Waals surface area contributed by atoms with Gasteiger partial charge in [0, 0.05) is 6.04 Å². The number of hydrogen-bond acceptors (Lipinski definition) is 1. The van der Waals surface area contributed by atoms with E-state index in [-0.39, 0.29) is 0 Å². The van der Waals surface area contributed by atoms with Crippen molar-refractivity contribution in [3.8, 4) is 0 Å². The highest BCUT2D eigenvalue weighted by atomic mass is 14.7. The van der Waals surface area contributed by atoms with E-state index in [0.29, 0.717) is 6.04 Å². The smallest absolute Gasteiger partial charge is 0.0467 e. The molecule has 1 heteroatoms. The molecule has 0 aliphatic rings. The van der Waals surface area contributed by atoms with Crippen molar-refractivity contribution in [2.75, 3.05) is 0 Å². The van der Waals surface area contributed by atoms with Gasteiger partial charge < -0.3 is 0 Å². The van der Waals surface area contributed by atoms with Gasteiger partial charge >= 0.3 is 0 Å². The Balaban J connectivity index is 3.24. The van der Waals surface area contributed by atoms with Gasteiger partial charge in [0.05, 0.1) is 0 Å². The predicted molar refractivity (Wildman–Crippen MR) is 47.8 cm³/mol. The third-order valence-electron chi connectivity index (χ3n) is 1.52. The lowest BCUT2D eigenvalue weighted by atomic mass is 10.1. The van der Waals surface area contributed by atoms with E-state index >= 15 is 0 Å². The van der Waals surface area contributed by atoms with Crippen LogP contribution >= 0.6 is 0 Å². The van der Waals surface area contributed by atoms with Gasteiger partial charge in [0.15, 0.2) is 0 Å².